The Labute approximate surface area is 106 Å². The molecule has 3 nitrogen and oxygen atoms in total. The lowest BCUT2D eigenvalue weighted by molar-refractivity contribution is 0.00697. The zero-order valence-corrected chi connectivity index (χ0v) is 10.7. The van der Waals surface area contributed by atoms with E-state index in [1.807, 2.05) is 0 Å². The van der Waals surface area contributed by atoms with Gasteiger partial charge >= 0.3 is 5.97 Å². The third-order valence-corrected chi connectivity index (χ3v) is 2.01. The van der Waals surface area contributed by atoms with Gasteiger partial charge in [0.15, 0.2) is 0 Å². The van der Waals surface area contributed by atoms with Gasteiger partial charge in [0, 0.05) is 0 Å². The highest BCUT2D eigenvalue weighted by Crippen LogP contribution is 2.23. The summed E-state index contributed by atoms with van der Waals surface area (Å²) in [5.41, 5.74) is -0.354. The Bertz CT molecular complexity index is 471. The summed E-state index contributed by atoms with van der Waals surface area (Å²) in [4.78, 5) is 11.9. The summed E-state index contributed by atoms with van der Waals surface area (Å²) >= 11 is 0. The zero-order valence-electron chi connectivity index (χ0n) is 10.7. The smallest absolute Gasteiger partial charge is 0.340 e. The van der Waals surface area contributed by atoms with Crippen molar-refractivity contribution in [1.29, 1.82) is 0 Å². The molecule has 4 heteroatoms. The second-order valence-corrected chi connectivity index (χ2v) is 4.74. The largest absolute Gasteiger partial charge is 0.456 e. The molecule has 1 aromatic carbocycles. The zero-order chi connectivity index (χ0) is 13.8. The highest BCUT2D eigenvalue weighted by atomic mass is 19.2. The quantitative estimate of drug-likeness (QED) is 0.468. The van der Waals surface area contributed by atoms with Crippen LogP contribution in [-0.2, 0) is 4.74 Å². The van der Waals surface area contributed by atoms with E-state index >= 15 is 0 Å². The lowest BCUT2D eigenvalue weighted by atomic mass is 10.1. The van der Waals surface area contributed by atoms with E-state index in [2.05, 4.69) is 5.92 Å². The normalized spacial score (nSPS) is 10.6. The molecule has 0 aliphatic heterocycles. The molecule has 0 bridgehead atoms. The minimum absolute atomic E-state index is 0.115. The van der Waals surface area contributed by atoms with Crippen molar-refractivity contribution >= 4 is 11.7 Å². The summed E-state index contributed by atoms with van der Waals surface area (Å²) in [5, 5.41) is 0.346. The standard InChI is InChI=1S/C14H16FNO2/c1-5-10-16(15)12-9-7-6-8-11(12)13(17)18-14(2,3)4/h1,6-9H,10H2,2-4H3. The molecule has 0 heterocycles. The van der Waals surface area contributed by atoms with E-state index in [0.717, 1.165) is 0 Å². The average Bonchev–Trinajstić information content (AvgIpc) is 2.27. The van der Waals surface area contributed by atoms with Gasteiger partial charge in [-0.3, -0.25) is 0 Å². The molecule has 1 rings (SSSR count). The van der Waals surface area contributed by atoms with Crippen molar-refractivity contribution in [3.63, 3.8) is 0 Å². The average molecular weight is 249 g/mol. The molecule has 0 N–H and O–H groups in total. The van der Waals surface area contributed by atoms with E-state index in [9.17, 15) is 9.28 Å². The fraction of sp³-hybridized carbons (Fsp3) is 0.357. The van der Waals surface area contributed by atoms with Crippen LogP contribution in [0.15, 0.2) is 24.3 Å². The number of halogens is 1. The fourth-order valence-electron chi connectivity index (χ4n) is 1.36. The second kappa shape index (κ2) is 5.54. The van der Waals surface area contributed by atoms with Gasteiger partial charge in [-0.1, -0.05) is 22.5 Å². The Morgan fingerprint density at radius 1 is 1.44 bits per heavy atom. The summed E-state index contributed by atoms with van der Waals surface area (Å²) in [7, 11) is 0. The molecular weight excluding hydrogens is 233 g/mol. The molecule has 96 valence electrons. The van der Waals surface area contributed by atoms with Gasteiger partial charge in [-0.25, -0.2) is 4.79 Å². The highest BCUT2D eigenvalue weighted by Gasteiger charge is 2.22. The molecular formula is C14H16FNO2. The Morgan fingerprint density at radius 3 is 2.61 bits per heavy atom. The van der Waals surface area contributed by atoms with E-state index in [1.165, 1.54) is 12.1 Å². The highest BCUT2D eigenvalue weighted by molar-refractivity contribution is 5.95. The van der Waals surface area contributed by atoms with Gasteiger partial charge in [0.1, 0.15) is 12.1 Å². The monoisotopic (exact) mass is 249 g/mol. The van der Waals surface area contributed by atoms with Crippen LogP contribution in [0.4, 0.5) is 10.2 Å². The topological polar surface area (TPSA) is 29.5 Å². The predicted molar refractivity (Wildman–Crippen MR) is 68.9 cm³/mol. The number of ether oxygens (including phenoxy) is 1. The molecule has 0 aliphatic carbocycles. The van der Waals surface area contributed by atoms with E-state index in [0.29, 0.717) is 5.12 Å². The van der Waals surface area contributed by atoms with Gasteiger partial charge in [0.05, 0.1) is 11.3 Å². The van der Waals surface area contributed by atoms with Gasteiger partial charge in [0.25, 0.3) is 0 Å². The van der Waals surface area contributed by atoms with E-state index in [-0.39, 0.29) is 17.8 Å². The number of carbonyl (C=O) groups excluding carboxylic acids is 1. The Hall–Kier alpha value is -2.02. The van der Waals surface area contributed by atoms with Gasteiger partial charge in [-0.2, -0.15) is 5.12 Å². The number of anilines is 1. The fourth-order valence-corrected chi connectivity index (χ4v) is 1.36. The van der Waals surface area contributed by atoms with Crippen LogP contribution in [0, 0.1) is 12.3 Å². The summed E-state index contributed by atoms with van der Waals surface area (Å²) in [5.74, 6) is 1.61. The lowest BCUT2D eigenvalue weighted by Crippen LogP contribution is -2.25. The van der Waals surface area contributed by atoms with Crippen molar-refractivity contribution < 1.29 is 14.0 Å². The molecule has 0 unspecified atom stereocenters. The second-order valence-electron chi connectivity index (χ2n) is 4.74. The molecule has 0 saturated carbocycles. The van der Waals surface area contributed by atoms with Crippen molar-refractivity contribution in [2.24, 2.45) is 0 Å². The van der Waals surface area contributed by atoms with Gasteiger partial charge in [-0.15, -0.1) is 6.42 Å². The van der Waals surface area contributed by atoms with Crippen molar-refractivity contribution in [1.82, 2.24) is 0 Å². The molecule has 0 aromatic heterocycles. The summed E-state index contributed by atoms with van der Waals surface area (Å²) in [6, 6.07) is 6.27. The first-order valence-electron chi connectivity index (χ1n) is 5.54. The van der Waals surface area contributed by atoms with Crippen molar-refractivity contribution in [3.8, 4) is 12.3 Å². The number of carbonyl (C=O) groups is 1. The molecule has 0 aliphatic rings. The van der Waals surface area contributed by atoms with Crippen LogP contribution in [0.3, 0.4) is 0 Å². The summed E-state index contributed by atoms with van der Waals surface area (Å²) in [6.07, 6.45) is 5.05. The number of nitrogens with zero attached hydrogens (tertiary/aromatic N) is 1. The maximum Gasteiger partial charge on any atom is 0.340 e. The first-order valence-corrected chi connectivity index (χ1v) is 5.54. The Morgan fingerprint density at radius 2 is 2.06 bits per heavy atom. The van der Waals surface area contributed by atoms with Gasteiger partial charge in [-0.05, 0) is 32.9 Å². The minimum Gasteiger partial charge on any atom is -0.456 e. The van der Waals surface area contributed by atoms with Crippen LogP contribution in [0.2, 0.25) is 0 Å². The molecule has 0 saturated heterocycles. The maximum absolute atomic E-state index is 13.7. The number of para-hydroxylation sites is 1. The van der Waals surface area contributed by atoms with E-state index in [4.69, 9.17) is 11.2 Å². The van der Waals surface area contributed by atoms with Crippen LogP contribution >= 0.6 is 0 Å². The third-order valence-electron chi connectivity index (χ3n) is 2.01. The summed E-state index contributed by atoms with van der Waals surface area (Å²) in [6.45, 7) is 5.03. The van der Waals surface area contributed by atoms with E-state index in [1.54, 1.807) is 32.9 Å². The molecule has 0 amide bonds. The minimum atomic E-state index is -0.628. The maximum atomic E-state index is 13.7. The molecule has 0 atom stereocenters. The number of terminal acetylenes is 1. The molecule has 1 aromatic rings. The molecule has 0 spiro atoms. The predicted octanol–water partition coefficient (Wildman–Crippen LogP) is 2.97. The van der Waals surface area contributed by atoms with E-state index < -0.39 is 11.6 Å². The Balaban J connectivity index is 3.02. The first kappa shape index (κ1) is 14.0. The number of benzene rings is 1. The van der Waals surface area contributed by atoms with Crippen LogP contribution < -0.4 is 5.12 Å². The van der Waals surface area contributed by atoms with Crippen LogP contribution in [0.25, 0.3) is 0 Å². The van der Waals surface area contributed by atoms with Crippen LogP contribution in [-0.4, -0.2) is 18.1 Å². The third kappa shape index (κ3) is 3.77. The van der Waals surface area contributed by atoms with Gasteiger partial charge < -0.3 is 4.74 Å². The number of rotatable bonds is 3. The van der Waals surface area contributed by atoms with Crippen molar-refractivity contribution in [2.75, 3.05) is 11.7 Å². The number of esters is 1. The Kier molecular flexibility index (Phi) is 4.33. The van der Waals surface area contributed by atoms with Gasteiger partial charge in [0.2, 0.25) is 0 Å². The lowest BCUT2D eigenvalue weighted by Gasteiger charge is -2.21. The SMILES string of the molecule is C#CCN(F)c1ccccc1C(=O)OC(C)(C)C. The summed E-state index contributed by atoms with van der Waals surface area (Å²) < 4.78 is 18.9. The van der Waals surface area contributed by atoms with Crippen molar-refractivity contribution in [2.45, 2.75) is 26.4 Å². The molecule has 0 radical (unpaired) electrons. The van der Waals surface area contributed by atoms with Crippen LogP contribution in [0.5, 0.6) is 0 Å². The first-order chi connectivity index (χ1) is 8.35. The van der Waals surface area contributed by atoms with Crippen molar-refractivity contribution in [3.05, 3.63) is 29.8 Å². The number of hydrogen-bond donors (Lipinski definition) is 0. The molecule has 18 heavy (non-hydrogen) atoms. The van der Waals surface area contributed by atoms with Crippen LogP contribution in [0.1, 0.15) is 31.1 Å². The molecule has 0 fully saturated rings. The number of hydrogen-bond acceptors (Lipinski definition) is 3.